The van der Waals surface area contributed by atoms with E-state index in [0.29, 0.717) is 41.5 Å². The Morgan fingerprint density at radius 2 is 1.52 bits per heavy atom. The molecule has 56 heavy (non-hydrogen) atoms. The van der Waals surface area contributed by atoms with Crippen molar-refractivity contribution in [1.82, 2.24) is 19.2 Å². The lowest BCUT2D eigenvalue weighted by Gasteiger charge is -2.36. The number of hydrogen-bond donors (Lipinski definition) is 4. The Kier molecular flexibility index (Phi) is 13.0. The highest BCUT2D eigenvalue weighted by atomic mass is 32.2. The first-order valence-corrected chi connectivity index (χ1v) is 21.7. The molecule has 1 saturated heterocycles. The summed E-state index contributed by atoms with van der Waals surface area (Å²) in [6, 6.07) is 10.8. The van der Waals surface area contributed by atoms with Crippen LogP contribution in [0.3, 0.4) is 0 Å². The van der Waals surface area contributed by atoms with Gasteiger partial charge in [0, 0.05) is 57.5 Å². The molecule has 0 aliphatic carbocycles. The largest absolute Gasteiger partial charge is 0.487 e. The molecule has 2 aliphatic heterocycles. The average molecular weight is 813 g/mol. The Balaban J connectivity index is 1.27. The van der Waals surface area contributed by atoms with Crippen molar-refractivity contribution in [2.75, 3.05) is 32.7 Å². The van der Waals surface area contributed by atoms with Crippen LogP contribution in [-0.2, 0) is 40.9 Å². The predicted octanol–water partition coefficient (Wildman–Crippen LogP) is 3.51. The van der Waals surface area contributed by atoms with E-state index in [1.807, 2.05) is 32.9 Å². The zero-order valence-electron chi connectivity index (χ0n) is 32.6. The Bertz CT molecular complexity index is 2250. The molecule has 0 spiro atoms. The summed E-state index contributed by atoms with van der Waals surface area (Å²) in [4.78, 5) is 44.9. The number of aliphatic imine (C=N–C) groups is 1. The van der Waals surface area contributed by atoms with Crippen LogP contribution in [0.25, 0.3) is 10.8 Å². The number of nitrogens with zero attached hydrogens (tertiary/aromatic N) is 3. The number of amides is 2. The van der Waals surface area contributed by atoms with Gasteiger partial charge in [-0.1, -0.05) is 30.3 Å². The number of nitrogens with one attached hydrogen (secondary N) is 2. The van der Waals surface area contributed by atoms with Gasteiger partial charge in [-0.25, -0.2) is 21.6 Å². The lowest BCUT2D eigenvalue weighted by Crippen LogP contribution is -2.55. The van der Waals surface area contributed by atoms with Crippen molar-refractivity contribution in [1.29, 1.82) is 0 Å². The van der Waals surface area contributed by atoms with Gasteiger partial charge < -0.3 is 25.4 Å². The molecule has 5 rings (SSSR count). The molecule has 2 heterocycles. The van der Waals surface area contributed by atoms with Crippen LogP contribution in [0.5, 0.6) is 5.75 Å². The highest BCUT2D eigenvalue weighted by Crippen LogP contribution is 2.43. The predicted molar refractivity (Wildman–Crippen MR) is 212 cm³/mol. The second-order valence-corrected chi connectivity index (χ2v) is 18.4. The molecule has 0 saturated carbocycles. The molecule has 2 amide bonds. The summed E-state index contributed by atoms with van der Waals surface area (Å²) in [7, 11) is -8.31. The Labute approximate surface area is 328 Å². The Morgan fingerprint density at radius 1 is 0.875 bits per heavy atom. The third kappa shape index (κ3) is 9.97. The summed E-state index contributed by atoms with van der Waals surface area (Å²) in [5.74, 6) is -1.16. The molecule has 0 aromatic heterocycles. The minimum Gasteiger partial charge on any atom is -0.487 e. The van der Waals surface area contributed by atoms with Crippen LogP contribution in [0, 0.1) is 20.8 Å². The molecule has 17 heteroatoms. The number of piperazine rings is 1. The van der Waals surface area contributed by atoms with Crippen LogP contribution in [0.1, 0.15) is 74.6 Å². The van der Waals surface area contributed by atoms with Gasteiger partial charge in [0.25, 0.3) is 10.0 Å². The lowest BCUT2D eigenvalue weighted by atomic mass is 9.94. The molecule has 0 radical (unpaired) electrons. The number of aliphatic carboxylic acids is 1. The maximum absolute atomic E-state index is 13.9. The third-order valence-corrected chi connectivity index (χ3v) is 13.4. The molecule has 2 aliphatic rings. The van der Waals surface area contributed by atoms with Gasteiger partial charge in [0.05, 0.1) is 9.79 Å². The first-order chi connectivity index (χ1) is 26.3. The fraction of sp³-hybridized carbons (Fsp3) is 0.487. The van der Waals surface area contributed by atoms with Crippen LogP contribution in [0.4, 0.5) is 0 Å². The normalized spacial score (nSPS) is 16.3. The molecule has 1 unspecified atom stereocenters. The van der Waals surface area contributed by atoms with Gasteiger partial charge in [0.2, 0.25) is 27.8 Å². The Morgan fingerprint density at radius 3 is 2.20 bits per heavy atom. The van der Waals surface area contributed by atoms with Crippen LogP contribution in [0.15, 0.2) is 57.2 Å². The summed E-state index contributed by atoms with van der Waals surface area (Å²) < 4.78 is 65.8. The summed E-state index contributed by atoms with van der Waals surface area (Å²) in [5, 5.41) is 10.4. The van der Waals surface area contributed by atoms with Crippen molar-refractivity contribution in [2.24, 2.45) is 10.7 Å². The third-order valence-electron chi connectivity index (χ3n) is 10.3. The summed E-state index contributed by atoms with van der Waals surface area (Å²) in [6.07, 6.45) is 1.78. The van der Waals surface area contributed by atoms with Crippen molar-refractivity contribution in [2.45, 2.75) is 101 Å². The zero-order chi connectivity index (χ0) is 41.0. The first-order valence-electron chi connectivity index (χ1n) is 18.7. The van der Waals surface area contributed by atoms with Crippen molar-refractivity contribution < 1.29 is 41.1 Å². The summed E-state index contributed by atoms with van der Waals surface area (Å²) in [5.41, 5.74) is 8.30. The number of benzene rings is 3. The van der Waals surface area contributed by atoms with Crippen molar-refractivity contribution in [3.63, 3.8) is 0 Å². The number of unbranched alkanes of at least 4 members (excludes halogenated alkanes) is 1. The second-order valence-electron chi connectivity index (χ2n) is 15.1. The zero-order valence-corrected chi connectivity index (χ0v) is 34.2. The maximum atomic E-state index is 13.9. The van der Waals surface area contributed by atoms with Crippen LogP contribution < -0.4 is 19.9 Å². The number of fused-ring (bicyclic) bond motifs is 2. The second kappa shape index (κ2) is 17.2. The van der Waals surface area contributed by atoms with E-state index in [2.05, 4.69) is 14.4 Å². The van der Waals surface area contributed by atoms with Gasteiger partial charge in [-0.3, -0.25) is 19.4 Å². The van der Waals surface area contributed by atoms with Gasteiger partial charge in [-0.05, 0) is 99.9 Å². The standard InChI is InChI=1S/C39H52N6O9S2/c1-25-26(2)36(27(3)31-24-39(4,5)54-35(25)31)56(52,53)43-38(40)41-18-10-13-32(42-55(50,51)30-17-16-28-11-6-7-12-29(28)23-30)37(49)45-21-19-44(20-22-45)33(46)14-8-9-15-34(47)48/h6-7,11-12,16-17,23,32,42H,8-10,13-15,18-22,24H2,1-5H3,(H,47,48)(H3,40,41,43). The average Bonchev–Trinajstić information content (AvgIpc) is 3.48. The highest BCUT2D eigenvalue weighted by Gasteiger charge is 2.37. The molecule has 3 aromatic carbocycles. The van der Waals surface area contributed by atoms with Crippen molar-refractivity contribution in [3.8, 4) is 5.75 Å². The van der Waals surface area contributed by atoms with E-state index in [1.54, 1.807) is 36.9 Å². The van der Waals surface area contributed by atoms with Crippen LogP contribution in [0.2, 0.25) is 0 Å². The topological polar surface area (TPSA) is 218 Å². The molecule has 5 N–H and O–H groups in total. The van der Waals surface area contributed by atoms with E-state index in [4.69, 9.17) is 15.6 Å². The minimum absolute atomic E-state index is 0.00788. The van der Waals surface area contributed by atoms with Crippen LogP contribution in [-0.4, -0.2) is 99.9 Å². The van der Waals surface area contributed by atoms with Gasteiger partial charge in [0.1, 0.15) is 17.4 Å². The van der Waals surface area contributed by atoms with E-state index < -0.39 is 43.6 Å². The first kappa shape index (κ1) is 42.4. The lowest BCUT2D eigenvalue weighted by molar-refractivity contribution is -0.140. The number of rotatable bonds is 15. The molecule has 3 aromatic rings. The van der Waals surface area contributed by atoms with Crippen LogP contribution >= 0.6 is 0 Å². The molecule has 1 fully saturated rings. The minimum atomic E-state index is -4.17. The van der Waals surface area contributed by atoms with E-state index in [9.17, 15) is 31.2 Å². The van der Waals surface area contributed by atoms with E-state index >= 15 is 0 Å². The Hall–Kier alpha value is -4.74. The van der Waals surface area contributed by atoms with Gasteiger partial charge in [0.15, 0.2) is 0 Å². The van der Waals surface area contributed by atoms with Crippen molar-refractivity contribution in [3.05, 3.63) is 64.7 Å². The van der Waals surface area contributed by atoms with Gasteiger partial charge in [-0.2, -0.15) is 4.72 Å². The number of hydrogen-bond acceptors (Lipinski definition) is 9. The summed E-state index contributed by atoms with van der Waals surface area (Å²) in [6.45, 7) is 10.1. The van der Waals surface area contributed by atoms with Crippen molar-refractivity contribution >= 4 is 54.6 Å². The number of nitrogens with two attached hydrogens (primary N) is 1. The number of carboxylic acids is 1. The maximum Gasteiger partial charge on any atom is 0.303 e. The van der Waals surface area contributed by atoms with Gasteiger partial charge >= 0.3 is 5.97 Å². The molecular formula is C39H52N6O9S2. The quantitative estimate of drug-likeness (QED) is 0.0995. The number of carbonyl (C=O) groups excluding carboxylic acids is 2. The van der Waals surface area contributed by atoms with E-state index in [1.165, 1.54) is 17.0 Å². The number of ether oxygens (including phenoxy) is 1. The van der Waals surface area contributed by atoms with E-state index in [0.717, 1.165) is 16.5 Å². The smallest absolute Gasteiger partial charge is 0.303 e. The van der Waals surface area contributed by atoms with Gasteiger partial charge in [-0.15, -0.1) is 0 Å². The summed E-state index contributed by atoms with van der Waals surface area (Å²) >= 11 is 0. The number of guanidine groups is 1. The number of sulfonamides is 2. The fourth-order valence-corrected chi connectivity index (χ4v) is 10.1. The SMILES string of the molecule is Cc1c(C)c(S(=O)(=O)NC(N)=NCCCC(NS(=O)(=O)c2ccc3ccccc3c2)C(=O)N2CCN(C(=O)CCCCC(=O)O)CC2)c(C)c2c1OC(C)(C)C2. The monoisotopic (exact) mass is 812 g/mol. The number of carbonyl (C=O) groups is 3. The molecule has 304 valence electrons. The molecule has 15 nitrogen and oxygen atoms in total. The number of carboxylic acid groups (broad SMARTS) is 1. The fourth-order valence-electron chi connectivity index (χ4n) is 7.29. The van der Waals surface area contributed by atoms with E-state index in [-0.39, 0.29) is 80.1 Å². The molecule has 0 bridgehead atoms. The highest BCUT2D eigenvalue weighted by molar-refractivity contribution is 7.90. The molecule has 1 atom stereocenters. The molecular weight excluding hydrogens is 761 g/mol.